The van der Waals surface area contributed by atoms with Crippen LogP contribution in [0, 0.1) is 13.8 Å². The van der Waals surface area contributed by atoms with Crippen molar-refractivity contribution in [1.29, 1.82) is 0 Å². The van der Waals surface area contributed by atoms with Gasteiger partial charge in [-0.15, -0.1) is 0 Å². The van der Waals surface area contributed by atoms with Gasteiger partial charge in [0.05, 0.1) is 28.3 Å². The number of fused-ring (bicyclic) bond motifs is 1. The number of carbonyl (C=O) groups excluding carboxylic acids is 1. The van der Waals surface area contributed by atoms with Crippen molar-refractivity contribution in [3.63, 3.8) is 0 Å². The topological polar surface area (TPSA) is 79.4 Å². The van der Waals surface area contributed by atoms with Crippen molar-refractivity contribution in [2.45, 2.75) is 44.7 Å². The molecule has 0 fully saturated rings. The molecule has 6 nitrogen and oxygen atoms in total. The lowest BCUT2D eigenvalue weighted by Crippen LogP contribution is -2.49. The van der Waals surface area contributed by atoms with Gasteiger partial charge in [-0.3, -0.25) is 14.1 Å². The third-order valence-electron chi connectivity index (χ3n) is 5.99. The van der Waals surface area contributed by atoms with Gasteiger partial charge in [0, 0.05) is 5.39 Å². The second kappa shape index (κ2) is 10.3. The molecule has 4 rings (SSSR count). The Hall–Kier alpha value is -3.71. The standard InChI is InChI=1S/C28H29N3O3S/c1-4-26(28(32)29-19-23-16-15-22-10-6-7-11-25(22)30-23)31(24-17-13-20(2)14-18-24)35(33,34)27-12-8-5-9-21(27)3/h5-18,26H,4,19H2,1-3H3,(H,29,32). The van der Waals surface area contributed by atoms with Crippen LogP contribution in [0.2, 0.25) is 0 Å². The molecule has 0 spiro atoms. The summed E-state index contributed by atoms with van der Waals surface area (Å²) >= 11 is 0. The van der Waals surface area contributed by atoms with Crippen molar-refractivity contribution in [2.24, 2.45) is 0 Å². The zero-order valence-corrected chi connectivity index (χ0v) is 20.9. The van der Waals surface area contributed by atoms with Crippen LogP contribution < -0.4 is 9.62 Å². The summed E-state index contributed by atoms with van der Waals surface area (Å²) in [6, 6.07) is 24.7. The maximum Gasteiger partial charge on any atom is 0.265 e. The van der Waals surface area contributed by atoms with E-state index in [9.17, 15) is 13.2 Å². The van der Waals surface area contributed by atoms with Crippen LogP contribution >= 0.6 is 0 Å². The minimum atomic E-state index is -4.01. The number of hydrogen-bond acceptors (Lipinski definition) is 4. The van der Waals surface area contributed by atoms with Gasteiger partial charge in [-0.2, -0.15) is 0 Å². The fourth-order valence-corrected chi connectivity index (χ4v) is 6.01. The van der Waals surface area contributed by atoms with E-state index in [1.165, 1.54) is 4.31 Å². The maximum atomic E-state index is 13.9. The summed E-state index contributed by atoms with van der Waals surface area (Å²) in [7, 11) is -4.01. The largest absolute Gasteiger partial charge is 0.349 e. The number of hydrogen-bond donors (Lipinski definition) is 1. The highest BCUT2D eigenvalue weighted by atomic mass is 32.2. The molecule has 0 aliphatic heterocycles. The molecule has 0 bridgehead atoms. The number of carbonyl (C=O) groups is 1. The fourth-order valence-electron chi connectivity index (χ4n) is 4.09. The van der Waals surface area contributed by atoms with Crippen molar-refractivity contribution in [2.75, 3.05) is 4.31 Å². The van der Waals surface area contributed by atoms with E-state index in [0.29, 0.717) is 23.4 Å². The number of aryl methyl sites for hydroxylation is 2. The summed E-state index contributed by atoms with van der Waals surface area (Å²) in [5, 5.41) is 3.92. The second-order valence-electron chi connectivity index (χ2n) is 8.54. The van der Waals surface area contributed by atoms with Crippen LogP contribution in [0.4, 0.5) is 5.69 Å². The first-order chi connectivity index (χ1) is 16.8. The van der Waals surface area contributed by atoms with Crippen molar-refractivity contribution < 1.29 is 13.2 Å². The van der Waals surface area contributed by atoms with E-state index in [1.54, 1.807) is 43.3 Å². The van der Waals surface area contributed by atoms with Gasteiger partial charge in [-0.05, 0) is 56.2 Å². The number of amides is 1. The quantitative estimate of drug-likeness (QED) is 0.373. The Balaban J connectivity index is 1.67. The summed E-state index contributed by atoms with van der Waals surface area (Å²) < 4.78 is 29.0. The zero-order valence-electron chi connectivity index (χ0n) is 20.1. The number of para-hydroxylation sites is 1. The average Bonchev–Trinajstić information content (AvgIpc) is 2.86. The summed E-state index contributed by atoms with van der Waals surface area (Å²) in [6.45, 7) is 5.70. The number of aromatic nitrogens is 1. The molecule has 7 heteroatoms. The number of rotatable bonds is 8. The molecule has 0 aliphatic carbocycles. The summed E-state index contributed by atoms with van der Waals surface area (Å²) in [5.41, 5.74) is 3.62. The number of pyridine rings is 1. The van der Waals surface area contributed by atoms with E-state index in [1.807, 2.05) is 62.4 Å². The molecular formula is C28H29N3O3S. The van der Waals surface area contributed by atoms with Gasteiger partial charge >= 0.3 is 0 Å². The molecule has 1 heterocycles. The number of anilines is 1. The molecule has 0 saturated heterocycles. The average molecular weight is 488 g/mol. The molecule has 0 radical (unpaired) electrons. The van der Waals surface area contributed by atoms with Gasteiger partial charge in [0.1, 0.15) is 6.04 Å². The van der Waals surface area contributed by atoms with Gasteiger partial charge in [0.15, 0.2) is 0 Å². The molecule has 35 heavy (non-hydrogen) atoms. The maximum absolute atomic E-state index is 13.9. The molecule has 180 valence electrons. The molecule has 0 aliphatic rings. The third kappa shape index (κ3) is 5.20. The fraction of sp³-hybridized carbons (Fsp3) is 0.214. The Labute approximate surface area is 206 Å². The first kappa shape index (κ1) is 24.4. The van der Waals surface area contributed by atoms with Gasteiger partial charge in [0.25, 0.3) is 10.0 Å². The number of benzene rings is 3. The van der Waals surface area contributed by atoms with E-state index in [-0.39, 0.29) is 17.3 Å². The molecule has 4 aromatic rings. The monoisotopic (exact) mass is 487 g/mol. The number of nitrogens with zero attached hydrogens (tertiary/aromatic N) is 2. The van der Waals surface area contributed by atoms with E-state index < -0.39 is 16.1 Å². The predicted octanol–water partition coefficient (Wildman–Crippen LogP) is 5.14. The van der Waals surface area contributed by atoms with Gasteiger partial charge in [-0.25, -0.2) is 8.42 Å². The smallest absolute Gasteiger partial charge is 0.265 e. The van der Waals surface area contributed by atoms with Crippen LogP contribution in [0.1, 0.15) is 30.2 Å². The lowest BCUT2D eigenvalue weighted by atomic mass is 10.1. The first-order valence-electron chi connectivity index (χ1n) is 11.6. The van der Waals surface area contributed by atoms with Crippen molar-refractivity contribution >= 4 is 32.5 Å². The van der Waals surface area contributed by atoms with Gasteiger partial charge < -0.3 is 5.32 Å². The van der Waals surface area contributed by atoms with Crippen LogP contribution in [0.15, 0.2) is 89.8 Å². The second-order valence-corrected chi connectivity index (χ2v) is 10.3. The molecule has 1 amide bonds. The Kier molecular flexibility index (Phi) is 7.17. The highest BCUT2D eigenvalue weighted by molar-refractivity contribution is 7.93. The molecule has 3 aromatic carbocycles. The van der Waals surface area contributed by atoms with Crippen LogP contribution in [0.25, 0.3) is 10.9 Å². The number of nitrogens with one attached hydrogen (secondary N) is 1. The molecule has 1 N–H and O–H groups in total. The predicted molar refractivity (Wildman–Crippen MR) is 140 cm³/mol. The molecule has 1 unspecified atom stereocenters. The minimum absolute atomic E-state index is 0.183. The summed E-state index contributed by atoms with van der Waals surface area (Å²) in [4.78, 5) is 18.2. The van der Waals surface area contributed by atoms with E-state index >= 15 is 0 Å². The van der Waals surface area contributed by atoms with Crippen molar-refractivity contribution in [3.8, 4) is 0 Å². The normalized spacial score (nSPS) is 12.3. The molecule has 1 aromatic heterocycles. The lowest BCUT2D eigenvalue weighted by Gasteiger charge is -2.32. The summed E-state index contributed by atoms with van der Waals surface area (Å²) in [6.07, 6.45) is 0.302. The Bertz CT molecular complexity index is 1450. The van der Waals surface area contributed by atoms with E-state index in [2.05, 4.69) is 10.3 Å². The molecule has 0 saturated carbocycles. The van der Waals surface area contributed by atoms with Crippen LogP contribution in [-0.4, -0.2) is 25.4 Å². The van der Waals surface area contributed by atoms with Crippen LogP contribution in [0.5, 0.6) is 0 Å². The molecule has 1 atom stereocenters. The Morgan fingerprint density at radius 2 is 1.60 bits per heavy atom. The Morgan fingerprint density at radius 3 is 2.31 bits per heavy atom. The van der Waals surface area contributed by atoms with Crippen LogP contribution in [-0.2, 0) is 21.4 Å². The van der Waals surface area contributed by atoms with E-state index in [4.69, 9.17) is 0 Å². The molecular weight excluding hydrogens is 458 g/mol. The van der Waals surface area contributed by atoms with Crippen molar-refractivity contribution in [1.82, 2.24) is 10.3 Å². The van der Waals surface area contributed by atoms with Crippen LogP contribution in [0.3, 0.4) is 0 Å². The highest BCUT2D eigenvalue weighted by Gasteiger charge is 2.35. The minimum Gasteiger partial charge on any atom is -0.349 e. The number of sulfonamides is 1. The zero-order chi connectivity index (χ0) is 25.0. The van der Waals surface area contributed by atoms with Gasteiger partial charge in [-0.1, -0.05) is 67.1 Å². The first-order valence-corrected chi connectivity index (χ1v) is 13.0. The third-order valence-corrected chi connectivity index (χ3v) is 7.99. The van der Waals surface area contributed by atoms with Gasteiger partial charge in [0.2, 0.25) is 5.91 Å². The highest BCUT2D eigenvalue weighted by Crippen LogP contribution is 2.29. The Morgan fingerprint density at radius 1 is 0.914 bits per heavy atom. The lowest BCUT2D eigenvalue weighted by molar-refractivity contribution is -0.122. The van der Waals surface area contributed by atoms with E-state index in [0.717, 1.165) is 16.5 Å². The van der Waals surface area contributed by atoms with Crippen molar-refractivity contribution in [3.05, 3.63) is 102 Å². The summed E-state index contributed by atoms with van der Waals surface area (Å²) in [5.74, 6) is -0.375. The SMILES string of the molecule is CCC(C(=O)NCc1ccc2ccccc2n1)N(c1ccc(C)cc1)S(=O)(=O)c1ccccc1C.